The summed E-state index contributed by atoms with van der Waals surface area (Å²) in [5.41, 5.74) is 1.32. The third kappa shape index (κ3) is 3.72. The third-order valence-electron chi connectivity index (χ3n) is 4.66. The van der Waals surface area contributed by atoms with Gasteiger partial charge in [-0.2, -0.15) is 0 Å². The molecule has 3 heterocycles. The molecule has 0 spiro atoms. The highest BCUT2D eigenvalue weighted by Gasteiger charge is 2.34. The highest BCUT2D eigenvalue weighted by molar-refractivity contribution is 5.92. The van der Waals surface area contributed by atoms with Crippen molar-refractivity contribution in [2.45, 2.75) is 32.2 Å². The average Bonchev–Trinajstić information content (AvgIpc) is 3.32. The van der Waals surface area contributed by atoms with E-state index in [0.717, 1.165) is 18.4 Å². The summed E-state index contributed by atoms with van der Waals surface area (Å²) in [5.74, 6) is 1.38. The van der Waals surface area contributed by atoms with E-state index in [2.05, 4.69) is 15.0 Å². The Labute approximate surface area is 156 Å². The van der Waals surface area contributed by atoms with E-state index in [0.29, 0.717) is 36.1 Å². The molecule has 3 aromatic rings. The zero-order valence-corrected chi connectivity index (χ0v) is 14.9. The largest absolute Gasteiger partial charge is 0.443 e. The molecule has 1 aromatic carbocycles. The normalized spacial score (nSPS) is 16.7. The first-order valence-corrected chi connectivity index (χ1v) is 8.90. The van der Waals surface area contributed by atoms with Crippen molar-refractivity contribution in [3.8, 4) is 0 Å². The van der Waals surface area contributed by atoms with Crippen LogP contribution in [0.3, 0.4) is 0 Å². The van der Waals surface area contributed by atoms with Crippen LogP contribution >= 0.6 is 0 Å². The number of hydrogen-bond donors (Lipinski definition) is 0. The van der Waals surface area contributed by atoms with Crippen molar-refractivity contribution in [3.63, 3.8) is 0 Å². The second-order valence-corrected chi connectivity index (χ2v) is 6.61. The van der Waals surface area contributed by atoms with Crippen LogP contribution in [-0.2, 0) is 6.42 Å². The minimum atomic E-state index is -0.267. The number of carbonyl (C=O) groups excluding carboxylic acids is 1. The van der Waals surface area contributed by atoms with Crippen LogP contribution in [0.2, 0.25) is 0 Å². The van der Waals surface area contributed by atoms with Gasteiger partial charge in [0.15, 0.2) is 0 Å². The molecule has 0 radical (unpaired) electrons. The third-order valence-corrected chi connectivity index (χ3v) is 4.66. The van der Waals surface area contributed by atoms with Crippen LogP contribution in [0.5, 0.6) is 0 Å². The molecule has 1 unspecified atom stereocenters. The first-order chi connectivity index (χ1) is 13.1. The molecule has 138 valence electrons. The van der Waals surface area contributed by atoms with Gasteiger partial charge in [-0.25, -0.2) is 19.3 Å². The van der Waals surface area contributed by atoms with E-state index in [4.69, 9.17) is 4.42 Å². The fourth-order valence-corrected chi connectivity index (χ4v) is 3.35. The molecule has 1 atom stereocenters. The Bertz CT molecular complexity index is 955. The van der Waals surface area contributed by atoms with Gasteiger partial charge < -0.3 is 9.32 Å². The molecule has 0 saturated carbocycles. The van der Waals surface area contributed by atoms with E-state index in [9.17, 15) is 9.18 Å². The standard InChI is InChI=1S/C20H19FN4O2/c1-13-22-9-8-17(24-13)20(26)25-10-2-3-18(25)19-23-12-16(27-19)11-14-4-6-15(21)7-5-14/h4-9,12,18H,2-3,10-11H2,1H3. The van der Waals surface area contributed by atoms with E-state index in [1.54, 1.807) is 42.4 Å². The number of aromatic nitrogens is 3. The van der Waals surface area contributed by atoms with Gasteiger partial charge in [0.2, 0.25) is 5.89 Å². The zero-order valence-electron chi connectivity index (χ0n) is 14.9. The van der Waals surface area contributed by atoms with Crippen molar-refractivity contribution >= 4 is 5.91 Å². The Morgan fingerprint density at radius 2 is 2.07 bits per heavy atom. The number of oxazole rings is 1. The maximum absolute atomic E-state index is 13.0. The molecule has 1 aliphatic rings. The van der Waals surface area contributed by atoms with Crippen LogP contribution in [-0.4, -0.2) is 32.3 Å². The molecule has 4 rings (SSSR count). The first kappa shape index (κ1) is 17.3. The Morgan fingerprint density at radius 3 is 2.85 bits per heavy atom. The molecular weight excluding hydrogens is 347 g/mol. The number of nitrogens with zero attached hydrogens (tertiary/aromatic N) is 4. The van der Waals surface area contributed by atoms with Gasteiger partial charge >= 0.3 is 0 Å². The van der Waals surface area contributed by atoms with Crippen molar-refractivity contribution in [2.24, 2.45) is 0 Å². The monoisotopic (exact) mass is 366 g/mol. The van der Waals surface area contributed by atoms with Crippen LogP contribution in [0.25, 0.3) is 0 Å². The average molecular weight is 366 g/mol. The van der Waals surface area contributed by atoms with Crippen molar-refractivity contribution in [3.05, 3.63) is 77.3 Å². The van der Waals surface area contributed by atoms with Crippen molar-refractivity contribution in [1.82, 2.24) is 19.9 Å². The van der Waals surface area contributed by atoms with Crippen LogP contribution in [0.4, 0.5) is 4.39 Å². The number of amides is 1. The number of halogens is 1. The lowest BCUT2D eigenvalue weighted by molar-refractivity contribution is 0.0708. The Morgan fingerprint density at radius 1 is 1.26 bits per heavy atom. The van der Waals surface area contributed by atoms with Crippen molar-refractivity contribution in [2.75, 3.05) is 6.54 Å². The van der Waals surface area contributed by atoms with Gasteiger partial charge in [-0.05, 0) is 43.5 Å². The summed E-state index contributed by atoms with van der Waals surface area (Å²) in [4.78, 5) is 27.3. The van der Waals surface area contributed by atoms with Gasteiger partial charge in [0.1, 0.15) is 29.1 Å². The molecule has 7 heteroatoms. The molecule has 6 nitrogen and oxygen atoms in total. The second kappa shape index (κ2) is 7.26. The van der Waals surface area contributed by atoms with E-state index in [1.165, 1.54) is 12.1 Å². The summed E-state index contributed by atoms with van der Waals surface area (Å²) in [6, 6.07) is 7.72. The number of aryl methyl sites for hydroxylation is 1. The molecule has 0 N–H and O–H groups in total. The molecule has 0 bridgehead atoms. The van der Waals surface area contributed by atoms with E-state index >= 15 is 0 Å². The highest BCUT2D eigenvalue weighted by Crippen LogP contribution is 2.32. The number of hydrogen-bond acceptors (Lipinski definition) is 5. The fourth-order valence-electron chi connectivity index (χ4n) is 3.35. The molecule has 1 aliphatic heterocycles. The van der Waals surface area contributed by atoms with Crippen LogP contribution in [0, 0.1) is 12.7 Å². The van der Waals surface area contributed by atoms with Crippen LogP contribution in [0.1, 0.15) is 52.4 Å². The number of carbonyl (C=O) groups is 1. The van der Waals surface area contributed by atoms with Gasteiger partial charge in [0, 0.05) is 19.2 Å². The van der Waals surface area contributed by atoms with E-state index < -0.39 is 0 Å². The Hall–Kier alpha value is -3.09. The molecule has 1 amide bonds. The minimum absolute atomic E-state index is 0.138. The summed E-state index contributed by atoms with van der Waals surface area (Å²) in [6.45, 7) is 2.40. The van der Waals surface area contributed by atoms with E-state index in [1.807, 2.05) is 0 Å². The molecule has 1 saturated heterocycles. The van der Waals surface area contributed by atoms with Gasteiger partial charge in [0.05, 0.1) is 6.20 Å². The summed E-state index contributed by atoms with van der Waals surface area (Å²) < 4.78 is 18.9. The lowest BCUT2D eigenvalue weighted by atomic mass is 10.1. The van der Waals surface area contributed by atoms with Crippen LogP contribution in [0.15, 0.2) is 47.1 Å². The Balaban J connectivity index is 1.51. The lowest BCUT2D eigenvalue weighted by Crippen LogP contribution is -2.31. The second-order valence-electron chi connectivity index (χ2n) is 6.61. The summed E-state index contributed by atoms with van der Waals surface area (Å²) in [7, 11) is 0. The zero-order chi connectivity index (χ0) is 18.8. The predicted molar refractivity (Wildman–Crippen MR) is 95.5 cm³/mol. The number of rotatable bonds is 4. The smallest absolute Gasteiger partial charge is 0.273 e. The topological polar surface area (TPSA) is 72.1 Å². The van der Waals surface area contributed by atoms with Crippen LogP contribution < -0.4 is 0 Å². The fraction of sp³-hybridized carbons (Fsp3) is 0.300. The summed E-state index contributed by atoms with van der Waals surface area (Å²) in [5, 5.41) is 0. The summed E-state index contributed by atoms with van der Waals surface area (Å²) >= 11 is 0. The van der Waals surface area contributed by atoms with Gasteiger partial charge in [-0.1, -0.05) is 12.1 Å². The van der Waals surface area contributed by atoms with Gasteiger partial charge in [-0.15, -0.1) is 0 Å². The summed E-state index contributed by atoms with van der Waals surface area (Å²) in [6.07, 6.45) is 5.47. The molecular formula is C20H19FN4O2. The quantitative estimate of drug-likeness (QED) is 0.707. The molecule has 0 aliphatic carbocycles. The maximum atomic E-state index is 13.0. The molecule has 2 aromatic heterocycles. The number of benzene rings is 1. The number of likely N-dealkylation sites (tertiary alicyclic amines) is 1. The molecule has 1 fully saturated rings. The maximum Gasteiger partial charge on any atom is 0.273 e. The molecule has 27 heavy (non-hydrogen) atoms. The predicted octanol–water partition coefficient (Wildman–Crippen LogP) is 3.48. The van der Waals surface area contributed by atoms with Crippen molar-refractivity contribution in [1.29, 1.82) is 0 Å². The van der Waals surface area contributed by atoms with E-state index in [-0.39, 0.29) is 17.8 Å². The highest BCUT2D eigenvalue weighted by atomic mass is 19.1. The Kier molecular flexibility index (Phi) is 4.66. The SMILES string of the molecule is Cc1nccc(C(=O)N2CCCC2c2ncc(Cc3ccc(F)cc3)o2)n1. The first-order valence-electron chi connectivity index (χ1n) is 8.90. The van der Waals surface area contributed by atoms with Gasteiger partial charge in [-0.3, -0.25) is 4.79 Å². The van der Waals surface area contributed by atoms with Gasteiger partial charge in [0.25, 0.3) is 5.91 Å². The minimum Gasteiger partial charge on any atom is -0.443 e. The lowest BCUT2D eigenvalue weighted by Gasteiger charge is -2.21. The van der Waals surface area contributed by atoms with Crippen molar-refractivity contribution < 1.29 is 13.6 Å².